The fourth-order valence-corrected chi connectivity index (χ4v) is 4.01. The summed E-state index contributed by atoms with van der Waals surface area (Å²) >= 11 is 0. The topological polar surface area (TPSA) is 69.6 Å². The van der Waals surface area contributed by atoms with Gasteiger partial charge in [0.05, 0.1) is 5.69 Å². The molecule has 1 aromatic rings. The van der Waals surface area contributed by atoms with Gasteiger partial charge in [0.1, 0.15) is 5.82 Å². The zero-order valence-electron chi connectivity index (χ0n) is 13.7. The molecule has 124 valence electrons. The van der Waals surface area contributed by atoms with E-state index in [0.29, 0.717) is 13.1 Å². The van der Waals surface area contributed by atoms with Crippen molar-refractivity contribution in [2.45, 2.75) is 19.3 Å². The summed E-state index contributed by atoms with van der Waals surface area (Å²) < 4.78 is 27.4. The molecule has 1 fully saturated rings. The first-order valence-electron chi connectivity index (χ1n) is 7.47. The minimum absolute atomic E-state index is 0.277. The molecule has 0 bridgehead atoms. The van der Waals surface area contributed by atoms with Crippen molar-refractivity contribution < 1.29 is 8.42 Å². The summed E-state index contributed by atoms with van der Waals surface area (Å²) in [5, 5.41) is 0. The predicted octanol–water partition coefficient (Wildman–Crippen LogP) is 0.604. The smallest absolute Gasteiger partial charge is 0.281 e. The predicted molar refractivity (Wildman–Crippen MR) is 87.0 cm³/mol. The highest BCUT2D eigenvalue weighted by Crippen LogP contribution is 2.25. The molecule has 0 amide bonds. The Morgan fingerprint density at radius 1 is 1.23 bits per heavy atom. The molecule has 0 unspecified atom stereocenters. The lowest BCUT2D eigenvalue weighted by atomic mass is 9.94. The SMILES string of the molecule is CN(C)c1nccnc1C[C@H]1CCCN(S(=O)(=O)N(C)C)C1. The largest absolute Gasteiger partial charge is 0.361 e. The van der Waals surface area contributed by atoms with Crippen molar-refractivity contribution in [1.82, 2.24) is 18.6 Å². The van der Waals surface area contributed by atoms with E-state index in [1.807, 2.05) is 19.0 Å². The van der Waals surface area contributed by atoms with Crippen molar-refractivity contribution in [2.75, 3.05) is 46.2 Å². The molecular weight excluding hydrogens is 302 g/mol. The van der Waals surface area contributed by atoms with Gasteiger partial charge in [-0.3, -0.25) is 4.98 Å². The molecule has 0 aromatic carbocycles. The average molecular weight is 327 g/mol. The molecule has 0 radical (unpaired) electrons. The van der Waals surface area contributed by atoms with E-state index >= 15 is 0 Å². The summed E-state index contributed by atoms with van der Waals surface area (Å²) in [6.07, 6.45) is 6.03. The molecule has 1 aromatic heterocycles. The Hall–Kier alpha value is -1.25. The lowest BCUT2D eigenvalue weighted by molar-refractivity contribution is 0.253. The highest BCUT2D eigenvalue weighted by molar-refractivity contribution is 7.86. The summed E-state index contributed by atoms with van der Waals surface area (Å²) in [6.45, 7) is 1.14. The van der Waals surface area contributed by atoms with Crippen LogP contribution in [0.1, 0.15) is 18.5 Å². The van der Waals surface area contributed by atoms with Gasteiger partial charge in [-0.15, -0.1) is 0 Å². The number of rotatable bonds is 5. The molecule has 1 saturated heterocycles. The molecule has 0 N–H and O–H groups in total. The average Bonchev–Trinajstić information content (AvgIpc) is 2.47. The van der Waals surface area contributed by atoms with E-state index in [9.17, 15) is 8.42 Å². The summed E-state index contributed by atoms with van der Waals surface area (Å²) in [4.78, 5) is 10.7. The van der Waals surface area contributed by atoms with Crippen LogP contribution in [0.25, 0.3) is 0 Å². The Bertz CT molecular complexity index is 603. The second-order valence-corrected chi connectivity index (χ2v) is 8.22. The van der Waals surface area contributed by atoms with E-state index in [1.54, 1.807) is 30.8 Å². The lowest BCUT2D eigenvalue weighted by Crippen LogP contribution is -2.45. The van der Waals surface area contributed by atoms with Gasteiger partial charge in [-0.05, 0) is 25.2 Å². The van der Waals surface area contributed by atoms with Crippen LogP contribution in [-0.4, -0.2) is 68.3 Å². The zero-order valence-corrected chi connectivity index (χ0v) is 14.5. The van der Waals surface area contributed by atoms with Crippen LogP contribution in [0.2, 0.25) is 0 Å². The molecule has 1 aliphatic heterocycles. The molecule has 8 heteroatoms. The van der Waals surface area contributed by atoms with Gasteiger partial charge in [0.15, 0.2) is 0 Å². The number of hydrogen-bond acceptors (Lipinski definition) is 5. The molecule has 2 rings (SSSR count). The van der Waals surface area contributed by atoms with Crippen molar-refractivity contribution in [3.63, 3.8) is 0 Å². The Labute approximate surface area is 133 Å². The van der Waals surface area contributed by atoms with E-state index < -0.39 is 10.2 Å². The van der Waals surface area contributed by atoms with Gasteiger partial charge < -0.3 is 4.90 Å². The monoisotopic (exact) mass is 327 g/mol. The van der Waals surface area contributed by atoms with Crippen molar-refractivity contribution in [2.24, 2.45) is 5.92 Å². The summed E-state index contributed by atoms with van der Waals surface area (Å²) in [6, 6.07) is 0. The van der Waals surface area contributed by atoms with E-state index in [2.05, 4.69) is 9.97 Å². The quantitative estimate of drug-likeness (QED) is 0.792. The van der Waals surface area contributed by atoms with Gasteiger partial charge in [0.2, 0.25) is 0 Å². The molecular formula is C14H25N5O2S. The molecule has 0 saturated carbocycles. The third-order valence-electron chi connectivity index (χ3n) is 3.93. The Morgan fingerprint density at radius 3 is 2.55 bits per heavy atom. The molecule has 22 heavy (non-hydrogen) atoms. The standard InChI is InChI=1S/C14H25N5O2S/c1-17(2)14-13(15-7-8-16-14)10-12-6-5-9-19(11-12)22(20,21)18(3)4/h7-8,12H,5-6,9-11H2,1-4H3/t12-/m1/s1. The van der Waals surface area contributed by atoms with Crippen molar-refractivity contribution in [1.29, 1.82) is 0 Å². The molecule has 2 heterocycles. The van der Waals surface area contributed by atoms with E-state index in [4.69, 9.17) is 0 Å². The normalized spacial score (nSPS) is 20.3. The van der Waals surface area contributed by atoms with Crippen LogP contribution >= 0.6 is 0 Å². The van der Waals surface area contributed by atoms with Crippen LogP contribution in [0, 0.1) is 5.92 Å². The van der Waals surface area contributed by atoms with Crippen LogP contribution in [-0.2, 0) is 16.6 Å². The maximum absolute atomic E-state index is 12.3. The number of nitrogens with zero attached hydrogens (tertiary/aromatic N) is 5. The Kier molecular flexibility index (Phi) is 5.36. The van der Waals surface area contributed by atoms with Crippen LogP contribution in [0.3, 0.4) is 0 Å². The van der Waals surface area contributed by atoms with Crippen LogP contribution in [0.15, 0.2) is 12.4 Å². The van der Waals surface area contributed by atoms with Crippen LogP contribution in [0.5, 0.6) is 0 Å². The minimum atomic E-state index is -3.33. The van der Waals surface area contributed by atoms with Gasteiger partial charge in [0.25, 0.3) is 10.2 Å². The van der Waals surface area contributed by atoms with Crippen LogP contribution < -0.4 is 4.90 Å². The lowest BCUT2D eigenvalue weighted by Gasteiger charge is -2.33. The first-order chi connectivity index (χ1) is 10.3. The maximum Gasteiger partial charge on any atom is 0.281 e. The van der Waals surface area contributed by atoms with E-state index in [-0.39, 0.29) is 5.92 Å². The van der Waals surface area contributed by atoms with Gasteiger partial charge in [-0.2, -0.15) is 17.0 Å². The Morgan fingerprint density at radius 2 is 1.91 bits per heavy atom. The highest BCUT2D eigenvalue weighted by Gasteiger charge is 2.31. The Balaban J connectivity index is 2.12. The second kappa shape index (κ2) is 6.89. The highest BCUT2D eigenvalue weighted by atomic mass is 32.2. The number of anilines is 1. The van der Waals surface area contributed by atoms with Gasteiger partial charge in [-0.1, -0.05) is 0 Å². The minimum Gasteiger partial charge on any atom is -0.361 e. The summed E-state index contributed by atoms with van der Waals surface area (Å²) in [7, 11) is 3.70. The summed E-state index contributed by atoms with van der Waals surface area (Å²) in [5.74, 6) is 1.13. The fourth-order valence-electron chi connectivity index (χ4n) is 2.78. The first-order valence-corrected chi connectivity index (χ1v) is 8.87. The molecule has 1 atom stereocenters. The van der Waals surface area contributed by atoms with E-state index in [0.717, 1.165) is 30.8 Å². The molecule has 0 aliphatic carbocycles. The fraction of sp³-hybridized carbons (Fsp3) is 0.714. The molecule has 0 spiro atoms. The van der Waals surface area contributed by atoms with Crippen molar-refractivity contribution in [3.05, 3.63) is 18.1 Å². The number of piperidine rings is 1. The van der Waals surface area contributed by atoms with Gasteiger partial charge in [0, 0.05) is 53.7 Å². The summed E-state index contributed by atoms with van der Waals surface area (Å²) in [5.41, 5.74) is 0.932. The number of hydrogen-bond donors (Lipinski definition) is 0. The second-order valence-electron chi connectivity index (χ2n) is 6.08. The van der Waals surface area contributed by atoms with Crippen LogP contribution in [0.4, 0.5) is 5.82 Å². The number of aromatic nitrogens is 2. The third-order valence-corrected chi connectivity index (χ3v) is 5.83. The van der Waals surface area contributed by atoms with E-state index in [1.165, 1.54) is 4.31 Å². The van der Waals surface area contributed by atoms with Crippen molar-refractivity contribution in [3.8, 4) is 0 Å². The zero-order chi connectivity index (χ0) is 16.3. The third kappa shape index (κ3) is 3.74. The maximum atomic E-state index is 12.3. The first kappa shape index (κ1) is 17.1. The molecule has 1 aliphatic rings. The van der Waals surface area contributed by atoms with Crippen molar-refractivity contribution >= 4 is 16.0 Å². The molecule has 7 nitrogen and oxygen atoms in total. The van der Waals surface area contributed by atoms with Gasteiger partial charge in [-0.25, -0.2) is 4.98 Å². The van der Waals surface area contributed by atoms with Gasteiger partial charge >= 0.3 is 0 Å².